The van der Waals surface area contributed by atoms with Crippen LogP contribution in [0.25, 0.3) is 10.8 Å². The summed E-state index contributed by atoms with van der Waals surface area (Å²) in [6, 6.07) is 3.93. The third kappa shape index (κ3) is 3.38. The summed E-state index contributed by atoms with van der Waals surface area (Å²) in [4.78, 5) is 7.55. The number of hydrogen-bond acceptors (Lipinski definition) is 6. The minimum Gasteiger partial charge on any atom is -0.396 e. The molecule has 2 aromatic heterocycles. The van der Waals surface area contributed by atoms with E-state index in [1.54, 1.807) is 11.3 Å². The first-order chi connectivity index (χ1) is 8.83. The van der Waals surface area contributed by atoms with Crippen LogP contribution in [0.2, 0.25) is 0 Å². The van der Waals surface area contributed by atoms with Crippen LogP contribution in [0.3, 0.4) is 0 Å². The van der Waals surface area contributed by atoms with E-state index in [0.29, 0.717) is 18.3 Å². The number of aliphatic hydroxyl groups is 1. The second-order valence-electron chi connectivity index (χ2n) is 3.94. The summed E-state index contributed by atoms with van der Waals surface area (Å²) in [6.07, 6.45) is 0.767. The van der Waals surface area contributed by atoms with Crippen LogP contribution in [0.4, 0.5) is 0 Å². The van der Waals surface area contributed by atoms with Crippen molar-refractivity contribution in [1.82, 2.24) is 15.0 Å². The molecule has 0 atom stereocenters. The molecule has 0 radical (unpaired) electrons. The van der Waals surface area contributed by atoms with Crippen LogP contribution in [0.15, 0.2) is 22.0 Å². The zero-order valence-corrected chi connectivity index (χ0v) is 11.2. The smallest absolute Gasteiger partial charge is 0.268 e. The normalized spacial score (nSPS) is 11.3. The fourth-order valence-corrected chi connectivity index (χ4v) is 2.31. The van der Waals surface area contributed by atoms with Crippen molar-refractivity contribution >= 4 is 11.3 Å². The molecule has 0 amide bonds. The first-order valence-electron chi connectivity index (χ1n) is 6.03. The molecule has 2 heterocycles. The second-order valence-corrected chi connectivity index (χ2v) is 4.89. The molecule has 1 N–H and O–H groups in total. The van der Waals surface area contributed by atoms with E-state index in [4.69, 9.17) is 9.63 Å². The third-order valence-corrected chi connectivity index (χ3v) is 3.50. The summed E-state index contributed by atoms with van der Waals surface area (Å²) >= 11 is 1.58. The van der Waals surface area contributed by atoms with Crippen LogP contribution in [0.1, 0.15) is 19.2 Å². The molecule has 98 valence electrons. The fourth-order valence-electron chi connectivity index (χ4n) is 1.66. The van der Waals surface area contributed by atoms with Gasteiger partial charge in [0.1, 0.15) is 0 Å². The van der Waals surface area contributed by atoms with Gasteiger partial charge in [0, 0.05) is 13.2 Å². The third-order valence-electron chi connectivity index (χ3n) is 2.64. The lowest BCUT2D eigenvalue weighted by molar-refractivity contribution is 0.220. The summed E-state index contributed by atoms with van der Waals surface area (Å²) in [5, 5.41) is 14.8. The van der Waals surface area contributed by atoms with Gasteiger partial charge in [0.15, 0.2) is 5.82 Å². The molecule has 2 aromatic rings. The van der Waals surface area contributed by atoms with Gasteiger partial charge in [0.05, 0.1) is 11.4 Å². The van der Waals surface area contributed by atoms with Gasteiger partial charge in [-0.25, -0.2) is 0 Å². The van der Waals surface area contributed by atoms with Gasteiger partial charge in [0.25, 0.3) is 5.89 Å². The van der Waals surface area contributed by atoms with Crippen LogP contribution in [-0.2, 0) is 6.54 Å². The van der Waals surface area contributed by atoms with Crippen molar-refractivity contribution in [2.45, 2.75) is 19.9 Å². The summed E-state index contributed by atoms with van der Waals surface area (Å²) in [5.41, 5.74) is 0. The first-order valence-corrected chi connectivity index (χ1v) is 6.91. The molecule has 0 aliphatic carbocycles. The number of aromatic nitrogens is 2. The van der Waals surface area contributed by atoms with Gasteiger partial charge >= 0.3 is 0 Å². The Morgan fingerprint density at radius 3 is 3.06 bits per heavy atom. The van der Waals surface area contributed by atoms with E-state index in [2.05, 4.69) is 22.0 Å². The summed E-state index contributed by atoms with van der Waals surface area (Å²) in [7, 11) is 0. The second kappa shape index (κ2) is 6.63. The van der Waals surface area contributed by atoms with Gasteiger partial charge in [-0.2, -0.15) is 4.98 Å². The molecule has 0 bridgehead atoms. The molecule has 0 saturated heterocycles. The van der Waals surface area contributed by atoms with Gasteiger partial charge in [-0.1, -0.05) is 18.1 Å². The van der Waals surface area contributed by atoms with Crippen LogP contribution in [0, 0.1) is 0 Å². The molecule has 5 nitrogen and oxygen atoms in total. The quantitative estimate of drug-likeness (QED) is 0.831. The fraction of sp³-hybridized carbons (Fsp3) is 0.500. The predicted molar refractivity (Wildman–Crippen MR) is 70.3 cm³/mol. The van der Waals surface area contributed by atoms with Gasteiger partial charge in [-0.05, 0) is 24.4 Å². The Labute approximate surface area is 110 Å². The molecule has 0 saturated carbocycles. The minimum atomic E-state index is 0.211. The van der Waals surface area contributed by atoms with Crippen LogP contribution < -0.4 is 0 Å². The van der Waals surface area contributed by atoms with Crippen molar-refractivity contribution in [2.24, 2.45) is 0 Å². The van der Waals surface area contributed by atoms with Gasteiger partial charge in [-0.15, -0.1) is 11.3 Å². The SMILES string of the molecule is CCN(CCCO)Cc1noc(-c2cccs2)n1. The predicted octanol–water partition coefficient (Wildman–Crippen LogP) is 2.00. The lowest BCUT2D eigenvalue weighted by atomic mass is 10.4. The van der Waals surface area contributed by atoms with E-state index in [9.17, 15) is 0 Å². The topological polar surface area (TPSA) is 62.4 Å². The average molecular weight is 267 g/mol. The van der Waals surface area contributed by atoms with Crippen LogP contribution >= 0.6 is 11.3 Å². The number of nitrogens with zero attached hydrogens (tertiary/aromatic N) is 3. The largest absolute Gasteiger partial charge is 0.396 e. The highest BCUT2D eigenvalue weighted by Crippen LogP contribution is 2.22. The highest BCUT2D eigenvalue weighted by atomic mass is 32.1. The highest BCUT2D eigenvalue weighted by molar-refractivity contribution is 7.13. The number of aliphatic hydroxyl groups excluding tert-OH is 1. The van der Waals surface area contributed by atoms with Crippen molar-refractivity contribution in [3.63, 3.8) is 0 Å². The lowest BCUT2D eigenvalue weighted by Crippen LogP contribution is -2.25. The Balaban J connectivity index is 1.97. The van der Waals surface area contributed by atoms with Crippen molar-refractivity contribution in [2.75, 3.05) is 19.7 Å². The Kier molecular flexibility index (Phi) is 4.86. The zero-order chi connectivity index (χ0) is 12.8. The summed E-state index contributed by atoms with van der Waals surface area (Å²) in [6.45, 7) is 4.70. The van der Waals surface area contributed by atoms with E-state index >= 15 is 0 Å². The molecule has 0 aromatic carbocycles. The Hall–Kier alpha value is -1.24. The maximum absolute atomic E-state index is 8.83. The van der Waals surface area contributed by atoms with Crippen molar-refractivity contribution in [3.05, 3.63) is 23.3 Å². The first kappa shape index (κ1) is 13.2. The molecule has 0 spiro atoms. The van der Waals surface area contributed by atoms with Crippen molar-refractivity contribution in [1.29, 1.82) is 0 Å². The van der Waals surface area contributed by atoms with Gasteiger partial charge < -0.3 is 9.63 Å². The Morgan fingerprint density at radius 2 is 2.39 bits per heavy atom. The zero-order valence-electron chi connectivity index (χ0n) is 10.4. The van der Waals surface area contributed by atoms with Crippen LogP contribution in [0.5, 0.6) is 0 Å². The molecule has 18 heavy (non-hydrogen) atoms. The molecule has 2 rings (SSSR count). The van der Waals surface area contributed by atoms with Crippen molar-refractivity contribution < 1.29 is 9.63 Å². The molecule has 0 aliphatic heterocycles. The molecular weight excluding hydrogens is 250 g/mol. The molecule has 0 fully saturated rings. The van der Waals surface area contributed by atoms with Crippen LogP contribution in [-0.4, -0.2) is 39.8 Å². The van der Waals surface area contributed by atoms with Crippen molar-refractivity contribution in [3.8, 4) is 10.8 Å². The molecule has 0 unspecified atom stereocenters. The highest BCUT2D eigenvalue weighted by Gasteiger charge is 2.12. The summed E-state index contributed by atoms with van der Waals surface area (Å²) < 4.78 is 5.23. The standard InChI is InChI=1S/C12H17N3O2S/c1-2-15(6-4-7-16)9-11-13-12(17-14-11)10-5-3-8-18-10/h3,5,8,16H,2,4,6-7,9H2,1H3. The molecule has 6 heteroatoms. The lowest BCUT2D eigenvalue weighted by Gasteiger charge is -2.17. The van der Waals surface area contributed by atoms with E-state index in [1.807, 2.05) is 17.5 Å². The number of thiophene rings is 1. The van der Waals surface area contributed by atoms with E-state index < -0.39 is 0 Å². The van der Waals surface area contributed by atoms with Gasteiger partial charge in [-0.3, -0.25) is 4.90 Å². The average Bonchev–Trinajstić information content (AvgIpc) is 3.04. The van der Waals surface area contributed by atoms with Gasteiger partial charge in [0.2, 0.25) is 0 Å². The summed E-state index contributed by atoms with van der Waals surface area (Å²) in [5.74, 6) is 1.27. The maximum Gasteiger partial charge on any atom is 0.268 e. The van der Waals surface area contributed by atoms with E-state index in [0.717, 1.165) is 24.4 Å². The molecular formula is C12H17N3O2S. The Bertz CT molecular complexity index is 456. The van der Waals surface area contributed by atoms with E-state index in [-0.39, 0.29) is 6.61 Å². The van der Waals surface area contributed by atoms with E-state index in [1.165, 1.54) is 0 Å². The molecule has 0 aliphatic rings. The number of rotatable bonds is 7. The monoisotopic (exact) mass is 267 g/mol. The Morgan fingerprint density at radius 1 is 1.50 bits per heavy atom. The minimum absolute atomic E-state index is 0.211. The number of hydrogen-bond donors (Lipinski definition) is 1. The maximum atomic E-state index is 8.83.